The van der Waals surface area contributed by atoms with Gasteiger partial charge in [0, 0.05) is 20.8 Å². The maximum absolute atomic E-state index is 11.2. The van der Waals surface area contributed by atoms with E-state index in [2.05, 4.69) is 9.44 Å². The monoisotopic (exact) mass is 226 g/mol. The van der Waals surface area contributed by atoms with Gasteiger partial charge in [0.1, 0.15) is 0 Å². The van der Waals surface area contributed by atoms with Crippen LogP contribution in [0.4, 0.5) is 0 Å². The van der Waals surface area contributed by atoms with Crippen molar-refractivity contribution < 1.29 is 17.9 Å². The van der Waals surface area contributed by atoms with E-state index in [9.17, 15) is 8.42 Å². The molecule has 0 aromatic rings. The molecule has 0 radical (unpaired) electrons. The quantitative estimate of drug-likeness (QED) is 0.570. The van der Waals surface area contributed by atoms with E-state index in [1.807, 2.05) is 0 Å². The van der Waals surface area contributed by atoms with E-state index in [1.165, 1.54) is 14.2 Å². The molecule has 0 aliphatic rings. The standard InChI is InChI=1S/C7H18N2O4S/c1-5-8-14(10,11)9-6(2)7(12-3)13-4/h6-9H,5H2,1-4H3. The molecular weight excluding hydrogens is 208 g/mol. The lowest BCUT2D eigenvalue weighted by Crippen LogP contribution is -2.47. The highest BCUT2D eigenvalue weighted by atomic mass is 32.2. The number of hydrogen-bond acceptors (Lipinski definition) is 4. The van der Waals surface area contributed by atoms with Crippen molar-refractivity contribution in [3.63, 3.8) is 0 Å². The molecule has 0 saturated carbocycles. The molecule has 0 bridgehead atoms. The Morgan fingerprint density at radius 3 is 2.14 bits per heavy atom. The highest BCUT2D eigenvalue weighted by Crippen LogP contribution is 1.99. The molecule has 0 spiro atoms. The van der Waals surface area contributed by atoms with Crippen LogP contribution in [0.15, 0.2) is 0 Å². The van der Waals surface area contributed by atoms with Crippen LogP contribution in [-0.2, 0) is 19.7 Å². The van der Waals surface area contributed by atoms with Gasteiger partial charge in [-0.25, -0.2) is 4.72 Å². The van der Waals surface area contributed by atoms with Crippen molar-refractivity contribution in [2.24, 2.45) is 0 Å². The number of ether oxygens (including phenoxy) is 2. The molecule has 1 unspecified atom stereocenters. The smallest absolute Gasteiger partial charge is 0.277 e. The fraction of sp³-hybridized carbons (Fsp3) is 1.00. The van der Waals surface area contributed by atoms with E-state index in [4.69, 9.17) is 9.47 Å². The van der Waals surface area contributed by atoms with Gasteiger partial charge in [-0.15, -0.1) is 0 Å². The molecule has 0 aromatic heterocycles. The first-order chi connectivity index (χ1) is 6.46. The number of rotatable bonds is 7. The largest absolute Gasteiger partial charge is 0.354 e. The van der Waals surface area contributed by atoms with Crippen LogP contribution in [0, 0.1) is 0 Å². The topological polar surface area (TPSA) is 76.7 Å². The minimum absolute atomic E-state index is 0.340. The van der Waals surface area contributed by atoms with Crippen LogP contribution in [0.2, 0.25) is 0 Å². The summed E-state index contributed by atoms with van der Waals surface area (Å²) in [6.45, 7) is 3.70. The molecule has 0 aliphatic heterocycles. The summed E-state index contributed by atoms with van der Waals surface area (Å²) in [5, 5.41) is 0. The molecule has 0 rings (SSSR count). The molecule has 0 saturated heterocycles. The van der Waals surface area contributed by atoms with Gasteiger partial charge < -0.3 is 9.47 Å². The van der Waals surface area contributed by atoms with Crippen LogP contribution < -0.4 is 9.44 Å². The summed E-state index contributed by atoms with van der Waals surface area (Å²) in [4.78, 5) is 0. The molecule has 7 heteroatoms. The predicted octanol–water partition coefficient (Wildman–Crippen LogP) is -0.562. The molecule has 0 aromatic carbocycles. The molecular formula is C7H18N2O4S. The van der Waals surface area contributed by atoms with Gasteiger partial charge in [-0.2, -0.15) is 13.1 Å². The summed E-state index contributed by atoms with van der Waals surface area (Å²) in [6, 6.07) is -0.450. The van der Waals surface area contributed by atoms with E-state index in [1.54, 1.807) is 13.8 Å². The molecule has 0 amide bonds. The second-order valence-electron chi connectivity index (χ2n) is 2.75. The Morgan fingerprint density at radius 1 is 1.29 bits per heavy atom. The number of methoxy groups -OCH3 is 2. The summed E-state index contributed by atoms with van der Waals surface area (Å²) in [5.41, 5.74) is 0. The lowest BCUT2D eigenvalue weighted by atomic mass is 10.3. The highest BCUT2D eigenvalue weighted by Gasteiger charge is 2.20. The number of nitrogens with one attached hydrogen (secondary N) is 2. The fourth-order valence-electron chi connectivity index (χ4n) is 1.04. The van der Waals surface area contributed by atoms with Gasteiger partial charge in [0.25, 0.3) is 10.2 Å². The minimum atomic E-state index is -3.46. The third-order valence-electron chi connectivity index (χ3n) is 1.55. The van der Waals surface area contributed by atoms with Gasteiger partial charge in [0.05, 0.1) is 6.04 Å². The zero-order valence-electron chi connectivity index (χ0n) is 8.90. The van der Waals surface area contributed by atoms with Crippen LogP contribution in [0.1, 0.15) is 13.8 Å². The molecule has 0 heterocycles. The van der Waals surface area contributed by atoms with Crippen molar-refractivity contribution in [2.75, 3.05) is 20.8 Å². The van der Waals surface area contributed by atoms with Gasteiger partial charge in [0.2, 0.25) is 0 Å². The Bertz CT molecular complexity index is 238. The Kier molecular flexibility index (Phi) is 6.21. The van der Waals surface area contributed by atoms with Gasteiger partial charge >= 0.3 is 0 Å². The van der Waals surface area contributed by atoms with Crippen molar-refractivity contribution in [1.29, 1.82) is 0 Å². The maximum Gasteiger partial charge on any atom is 0.277 e. The summed E-state index contributed by atoms with van der Waals surface area (Å²) < 4.78 is 37.0. The summed E-state index contributed by atoms with van der Waals surface area (Å²) in [5.74, 6) is 0. The first-order valence-electron chi connectivity index (χ1n) is 4.29. The van der Waals surface area contributed by atoms with Gasteiger partial charge in [0.15, 0.2) is 6.29 Å². The first-order valence-corrected chi connectivity index (χ1v) is 5.77. The molecule has 1 atom stereocenters. The molecule has 0 fully saturated rings. The molecule has 0 aliphatic carbocycles. The van der Waals surface area contributed by atoms with Gasteiger partial charge in [-0.3, -0.25) is 0 Å². The van der Waals surface area contributed by atoms with Crippen LogP contribution in [-0.4, -0.2) is 41.5 Å². The minimum Gasteiger partial charge on any atom is -0.354 e. The Morgan fingerprint density at radius 2 is 1.79 bits per heavy atom. The van der Waals surface area contributed by atoms with Crippen LogP contribution in [0.25, 0.3) is 0 Å². The zero-order chi connectivity index (χ0) is 11.2. The summed E-state index contributed by atoms with van der Waals surface area (Å²) in [6.07, 6.45) is -0.594. The van der Waals surface area contributed by atoms with E-state index < -0.39 is 22.5 Å². The summed E-state index contributed by atoms with van der Waals surface area (Å²) >= 11 is 0. The van der Waals surface area contributed by atoms with Crippen LogP contribution in [0.5, 0.6) is 0 Å². The van der Waals surface area contributed by atoms with Crippen molar-refractivity contribution >= 4 is 10.2 Å². The highest BCUT2D eigenvalue weighted by molar-refractivity contribution is 7.87. The normalized spacial score (nSPS) is 14.6. The van der Waals surface area contributed by atoms with Crippen molar-refractivity contribution in [1.82, 2.24) is 9.44 Å². The van der Waals surface area contributed by atoms with Crippen LogP contribution >= 0.6 is 0 Å². The van der Waals surface area contributed by atoms with Crippen molar-refractivity contribution in [2.45, 2.75) is 26.2 Å². The second-order valence-corrected chi connectivity index (χ2v) is 4.28. The fourth-order valence-corrected chi connectivity index (χ4v) is 2.10. The average molecular weight is 226 g/mol. The Balaban J connectivity index is 4.22. The van der Waals surface area contributed by atoms with E-state index >= 15 is 0 Å². The lowest BCUT2D eigenvalue weighted by molar-refractivity contribution is -0.115. The third kappa shape index (κ3) is 4.87. The molecule has 86 valence electrons. The molecule has 2 N–H and O–H groups in total. The van der Waals surface area contributed by atoms with Crippen molar-refractivity contribution in [3.05, 3.63) is 0 Å². The first kappa shape index (κ1) is 13.8. The predicted molar refractivity (Wildman–Crippen MR) is 53.0 cm³/mol. The third-order valence-corrected chi connectivity index (χ3v) is 2.90. The van der Waals surface area contributed by atoms with Crippen molar-refractivity contribution in [3.8, 4) is 0 Å². The number of hydrogen-bond donors (Lipinski definition) is 2. The summed E-state index contributed by atoms with van der Waals surface area (Å²) in [7, 11) is -0.555. The second kappa shape index (κ2) is 6.31. The van der Waals surface area contributed by atoms with E-state index in [0.717, 1.165) is 0 Å². The Hall–Kier alpha value is -0.210. The maximum atomic E-state index is 11.2. The Labute approximate surface area is 85.2 Å². The van der Waals surface area contributed by atoms with Gasteiger partial charge in [-0.05, 0) is 6.92 Å². The molecule has 6 nitrogen and oxygen atoms in total. The average Bonchev–Trinajstić information content (AvgIpc) is 2.04. The van der Waals surface area contributed by atoms with Crippen LogP contribution in [0.3, 0.4) is 0 Å². The zero-order valence-corrected chi connectivity index (χ0v) is 9.72. The molecule has 14 heavy (non-hydrogen) atoms. The van der Waals surface area contributed by atoms with E-state index in [0.29, 0.717) is 6.54 Å². The van der Waals surface area contributed by atoms with Gasteiger partial charge in [-0.1, -0.05) is 6.92 Å². The van der Waals surface area contributed by atoms with E-state index in [-0.39, 0.29) is 0 Å². The SMILES string of the molecule is CCNS(=O)(=O)NC(C)C(OC)OC. The lowest BCUT2D eigenvalue weighted by Gasteiger charge is -2.21.